The number of Topliss-reactive ketones (excluding diaryl/α,β-unsaturated/α-hetero) is 1. The number of carbonyl (C=O) groups is 1. The van der Waals surface area contributed by atoms with Crippen molar-refractivity contribution in [3.05, 3.63) is 63.6 Å². The number of aromatic hydroxyl groups is 1. The Balaban J connectivity index is 1.67. The molecule has 0 aromatic heterocycles. The predicted molar refractivity (Wildman–Crippen MR) is 96.9 cm³/mol. The summed E-state index contributed by atoms with van der Waals surface area (Å²) in [4.78, 5) is 15.0. The molecule has 1 N–H and O–H groups in total. The number of hydrogen-bond donors (Lipinski definition) is 1. The average Bonchev–Trinajstić information content (AvgIpc) is 2.58. The molecule has 0 bridgehead atoms. The van der Waals surface area contributed by atoms with Gasteiger partial charge in [0.15, 0.2) is 5.78 Å². The second-order valence-corrected chi connectivity index (χ2v) is 7.08. The SMILES string of the molecule is O=C(c1cccc(Cl)c1)[C@H]1CCCN(Cc2ccc(O)c(Cl)c2)C1. The number of benzene rings is 2. The molecule has 1 aliphatic rings. The predicted octanol–water partition coefficient (Wildman–Crippen LogP) is 4.79. The summed E-state index contributed by atoms with van der Waals surface area (Å²) >= 11 is 12.0. The third-order valence-corrected chi connectivity index (χ3v) is 4.94. The fourth-order valence-corrected chi connectivity index (χ4v) is 3.59. The number of halogens is 2. The number of phenols is 1. The maximum absolute atomic E-state index is 12.7. The van der Waals surface area contributed by atoms with Crippen LogP contribution >= 0.6 is 23.2 Å². The normalized spacial score (nSPS) is 18.5. The molecule has 0 saturated carbocycles. The van der Waals surface area contributed by atoms with Crippen molar-refractivity contribution in [1.29, 1.82) is 0 Å². The van der Waals surface area contributed by atoms with E-state index < -0.39 is 0 Å². The van der Waals surface area contributed by atoms with Crippen molar-refractivity contribution in [2.24, 2.45) is 5.92 Å². The first-order valence-corrected chi connectivity index (χ1v) is 8.78. The Bertz CT molecular complexity index is 748. The van der Waals surface area contributed by atoms with Crippen LogP contribution in [-0.2, 0) is 6.54 Å². The van der Waals surface area contributed by atoms with Crippen LogP contribution in [0.4, 0.5) is 0 Å². The molecular weight excluding hydrogens is 345 g/mol. The van der Waals surface area contributed by atoms with Crippen LogP contribution in [0.25, 0.3) is 0 Å². The molecule has 0 spiro atoms. The quantitative estimate of drug-likeness (QED) is 0.793. The third-order valence-electron chi connectivity index (χ3n) is 4.40. The summed E-state index contributed by atoms with van der Waals surface area (Å²) in [6.45, 7) is 2.40. The molecule has 1 fully saturated rings. The van der Waals surface area contributed by atoms with E-state index in [1.54, 1.807) is 24.3 Å². The van der Waals surface area contributed by atoms with Crippen LogP contribution in [0.2, 0.25) is 10.0 Å². The van der Waals surface area contributed by atoms with Crippen LogP contribution in [0.15, 0.2) is 42.5 Å². The van der Waals surface area contributed by atoms with Crippen LogP contribution in [-0.4, -0.2) is 28.9 Å². The second-order valence-electron chi connectivity index (χ2n) is 6.23. The maximum Gasteiger partial charge on any atom is 0.167 e. The summed E-state index contributed by atoms with van der Waals surface area (Å²) in [5.74, 6) is 0.240. The topological polar surface area (TPSA) is 40.5 Å². The van der Waals surface area contributed by atoms with E-state index in [-0.39, 0.29) is 17.5 Å². The number of likely N-dealkylation sites (tertiary alicyclic amines) is 1. The molecule has 0 amide bonds. The highest BCUT2D eigenvalue weighted by atomic mass is 35.5. The highest BCUT2D eigenvalue weighted by molar-refractivity contribution is 6.32. The zero-order valence-electron chi connectivity index (χ0n) is 13.2. The fourth-order valence-electron chi connectivity index (χ4n) is 3.20. The number of hydrogen-bond acceptors (Lipinski definition) is 3. The van der Waals surface area contributed by atoms with Gasteiger partial charge in [-0.25, -0.2) is 0 Å². The summed E-state index contributed by atoms with van der Waals surface area (Å²) in [5.41, 5.74) is 1.72. The number of phenolic OH excluding ortho intramolecular Hbond substituents is 1. The molecule has 0 radical (unpaired) electrons. The van der Waals surface area contributed by atoms with Crippen LogP contribution in [0.5, 0.6) is 5.75 Å². The maximum atomic E-state index is 12.7. The molecule has 1 aliphatic heterocycles. The molecular formula is C19H19Cl2NO2. The first-order chi connectivity index (χ1) is 11.5. The van der Waals surface area contributed by atoms with Crippen molar-refractivity contribution < 1.29 is 9.90 Å². The first-order valence-electron chi connectivity index (χ1n) is 8.02. The number of nitrogens with zero attached hydrogens (tertiary/aromatic N) is 1. The van der Waals surface area contributed by atoms with Crippen molar-refractivity contribution in [3.63, 3.8) is 0 Å². The van der Waals surface area contributed by atoms with Gasteiger partial charge in [-0.3, -0.25) is 9.69 Å². The summed E-state index contributed by atoms with van der Waals surface area (Å²) < 4.78 is 0. The smallest absolute Gasteiger partial charge is 0.167 e. The Morgan fingerprint density at radius 2 is 2.04 bits per heavy atom. The third kappa shape index (κ3) is 4.10. The van der Waals surface area contributed by atoms with Crippen LogP contribution in [0.3, 0.4) is 0 Å². The Morgan fingerprint density at radius 3 is 2.79 bits per heavy atom. The largest absolute Gasteiger partial charge is 0.506 e. The van der Waals surface area contributed by atoms with Crippen LogP contribution < -0.4 is 0 Å². The van der Waals surface area contributed by atoms with Gasteiger partial charge < -0.3 is 5.11 Å². The average molecular weight is 364 g/mol. The lowest BCUT2D eigenvalue weighted by Crippen LogP contribution is -2.38. The molecule has 5 heteroatoms. The van der Waals surface area contributed by atoms with E-state index in [1.165, 1.54) is 0 Å². The molecule has 2 aromatic rings. The van der Waals surface area contributed by atoms with E-state index in [4.69, 9.17) is 23.2 Å². The highest BCUT2D eigenvalue weighted by Crippen LogP contribution is 2.27. The van der Waals surface area contributed by atoms with Gasteiger partial charge in [0.05, 0.1) is 5.02 Å². The van der Waals surface area contributed by atoms with Crippen molar-refractivity contribution in [3.8, 4) is 5.75 Å². The van der Waals surface area contributed by atoms with Crippen LogP contribution in [0.1, 0.15) is 28.8 Å². The second kappa shape index (κ2) is 7.56. The van der Waals surface area contributed by atoms with E-state index in [9.17, 15) is 9.90 Å². The highest BCUT2D eigenvalue weighted by Gasteiger charge is 2.26. The lowest BCUT2D eigenvalue weighted by molar-refractivity contribution is 0.0811. The van der Waals surface area contributed by atoms with E-state index in [1.807, 2.05) is 18.2 Å². The zero-order chi connectivity index (χ0) is 17.1. The van der Waals surface area contributed by atoms with Gasteiger partial charge >= 0.3 is 0 Å². The summed E-state index contributed by atoms with van der Waals surface area (Å²) in [6.07, 6.45) is 1.89. The van der Waals surface area contributed by atoms with Gasteiger partial charge in [0.1, 0.15) is 5.75 Å². The molecule has 0 unspecified atom stereocenters. The fraction of sp³-hybridized carbons (Fsp3) is 0.316. The minimum atomic E-state index is -0.00944. The number of ketones is 1. The van der Waals surface area contributed by atoms with E-state index in [2.05, 4.69) is 4.90 Å². The van der Waals surface area contributed by atoms with Gasteiger partial charge in [-0.15, -0.1) is 0 Å². The summed E-state index contributed by atoms with van der Waals surface area (Å²) in [5, 5.41) is 10.5. The van der Waals surface area contributed by atoms with Gasteiger partial charge in [0.2, 0.25) is 0 Å². The summed E-state index contributed by atoms with van der Waals surface area (Å²) in [6, 6.07) is 12.4. The zero-order valence-corrected chi connectivity index (χ0v) is 14.7. The summed E-state index contributed by atoms with van der Waals surface area (Å²) in [7, 11) is 0. The van der Waals surface area contributed by atoms with E-state index in [0.29, 0.717) is 15.6 Å². The Hall–Kier alpha value is -1.55. The standard InChI is InChI=1S/C19H19Cl2NO2/c20-16-5-1-3-14(10-16)19(24)15-4-2-8-22(12-15)11-13-6-7-18(23)17(21)9-13/h1,3,5-7,9-10,15,23H,2,4,8,11-12H2/t15-/m0/s1. The monoisotopic (exact) mass is 363 g/mol. The van der Waals surface area contributed by atoms with Gasteiger partial charge in [-0.05, 0) is 49.2 Å². The van der Waals surface area contributed by atoms with Gasteiger partial charge in [0, 0.05) is 29.6 Å². The number of piperidine rings is 1. The molecule has 3 rings (SSSR count). The molecule has 3 nitrogen and oxygen atoms in total. The van der Waals surface area contributed by atoms with Gasteiger partial charge in [0.25, 0.3) is 0 Å². The van der Waals surface area contributed by atoms with Crippen molar-refractivity contribution >= 4 is 29.0 Å². The minimum Gasteiger partial charge on any atom is -0.506 e. The Kier molecular flexibility index (Phi) is 5.44. The minimum absolute atomic E-state index is 0.00944. The molecule has 24 heavy (non-hydrogen) atoms. The van der Waals surface area contributed by atoms with Crippen molar-refractivity contribution in [1.82, 2.24) is 4.90 Å². The Morgan fingerprint density at radius 1 is 1.21 bits per heavy atom. The molecule has 126 valence electrons. The lowest BCUT2D eigenvalue weighted by atomic mass is 9.90. The lowest BCUT2D eigenvalue weighted by Gasteiger charge is -2.32. The van der Waals surface area contributed by atoms with E-state index in [0.717, 1.165) is 38.0 Å². The Labute approximate surface area is 151 Å². The van der Waals surface area contributed by atoms with Crippen LogP contribution in [0, 0.1) is 5.92 Å². The number of rotatable bonds is 4. The van der Waals surface area contributed by atoms with Gasteiger partial charge in [-0.1, -0.05) is 41.4 Å². The molecule has 2 aromatic carbocycles. The van der Waals surface area contributed by atoms with Gasteiger partial charge in [-0.2, -0.15) is 0 Å². The first kappa shape index (κ1) is 17.3. The van der Waals surface area contributed by atoms with E-state index >= 15 is 0 Å². The van der Waals surface area contributed by atoms with Crippen molar-refractivity contribution in [2.45, 2.75) is 19.4 Å². The van der Waals surface area contributed by atoms with Crippen molar-refractivity contribution in [2.75, 3.05) is 13.1 Å². The number of carbonyl (C=O) groups excluding carboxylic acids is 1. The molecule has 1 saturated heterocycles. The molecule has 1 atom stereocenters. The molecule has 1 heterocycles. The molecule has 0 aliphatic carbocycles.